The molecule has 1 aromatic heterocycles. The topological polar surface area (TPSA) is 73.6 Å². The minimum absolute atomic E-state index is 0.217. The Morgan fingerprint density at radius 3 is 2.36 bits per heavy atom. The van der Waals surface area contributed by atoms with Gasteiger partial charge in [-0.25, -0.2) is 9.78 Å². The molecule has 3 aromatic rings. The van der Waals surface area contributed by atoms with E-state index in [1.165, 1.54) is 0 Å². The SMILES string of the molecule is CCOC(=O)c1ncn([C@@H](COC)[C@@H](O)c2ccccc2)c1-c1ccccc1. The maximum atomic E-state index is 12.5. The highest BCUT2D eigenvalue weighted by Crippen LogP contribution is 2.33. The maximum Gasteiger partial charge on any atom is 0.359 e. The van der Waals surface area contributed by atoms with E-state index in [1.54, 1.807) is 24.9 Å². The highest BCUT2D eigenvalue weighted by molar-refractivity contribution is 5.94. The first-order chi connectivity index (χ1) is 13.7. The van der Waals surface area contributed by atoms with E-state index in [4.69, 9.17) is 9.47 Å². The van der Waals surface area contributed by atoms with Crippen LogP contribution in [0.2, 0.25) is 0 Å². The molecule has 0 radical (unpaired) electrons. The van der Waals surface area contributed by atoms with Crippen LogP contribution < -0.4 is 0 Å². The first-order valence-corrected chi connectivity index (χ1v) is 9.18. The third-order valence-electron chi connectivity index (χ3n) is 4.51. The van der Waals surface area contributed by atoms with Crippen molar-refractivity contribution in [1.82, 2.24) is 9.55 Å². The molecule has 0 aliphatic heterocycles. The van der Waals surface area contributed by atoms with Crippen LogP contribution in [0.1, 0.15) is 35.1 Å². The summed E-state index contributed by atoms with van der Waals surface area (Å²) < 4.78 is 12.4. The molecule has 3 rings (SSSR count). The van der Waals surface area contributed by atoms with Gasteiger partial charge in [-0.3, -0.25) is 0 Å². The summed E-state index contributed by atoms with van der Waals surface area (Å²) in [5.74, 6) is -0.495. The largest absolute Gasteiger partial charge is 0.461 e. The molecule has 2 atom stereocenters. The molecule has 0 fully saturated rings. The lowest BCUT2D eigenvalue weighted by atomic mass is 10.0. The minimum atomic E-state index is -0.840. The van der Waals surface area contributed by atoms with Gasteiger partial charge < -0.3 is 19.1 Å². The van der Waals surface area contributed by atoms with Crippen molar-refractivity contribution in [1.29, 1.82) is 0 Å². The molecule has 1 N–H and O–H groups in total. The third kappa shape index (κ3) is 4.13. The van der Waals surface area contributed by atoms with Crippen molar-refractivity contribution in [3.05, 3.63) is 78.2 Å². The average molecular weight is 380 g/mol. The molecule has 0 spiro atoms. The second-order valence-corrected chi connectivity index (χ2v) is 6.31. The summed E-state index contributed by atoms with van der Waals surface area (Å²) in [4.78, 5) is 16.8. The van der Waals surface area contributed by atoms with E-state index in [1.807, 2.05) is 60.7 Å². The zero-order chi connectivity index (χ0) is 19.9. The Labute approximate surface area is 164 Å². The van der Waals surface area contributed by atoms with Crippen molar-refractivity contribution in [3.8, 4) is 11.3 Å². The van der Waals surface area contributed by atoms with E-state index < -0.39 is 18.1 Å². The Bertz CT molecular complexity index is 893. The number of hydrogen-bond donors (Lipinski definition) is 1. The summed E-state index contributed by atoms with van der Waals surface area (Å²) in [7, 11) is 1.58. The van der Waals surface area contributed by atoms with E-state index >= 15 is 0 Å². The van der Waals surface area contributed by atoms with Crippen LogP contribution in [0.5, 0.6) is 0 Å². The fourth-order valence-corrected chi connectivity index (χ4v) is 3.21. The zero-order valence-electron chi connectivity index (χ0n) is 16.0. The standard InChI is InChI=1S/C22H24N2O4/c1-3-28-22(26)19-20(16-10-6-4-7-11-16)24(15-23-19)18(14-27-2)21(25)17-12-8-5-9-13-17/h4-13,15,18,21,25H,3,14H2,1-2H3/t18-,21-/m0/s1. The molecule has 0 saturated heterocycles. The Balaban J connectivity index is 2.11. The molecular formula is C22H24N2O4. The van der Waals surface area contributed by atoms with Crippen LogP contribution in [-0.2, 0) is 9.47 Å². The summed E-state index contributed by atoms with van der Waals surface area (Å²) in [6, 6.07) is 18.4. The number of aliphatic hydroxyl groups is 1. The molecule has 6 nitrogen and oxygen atoms in total. The lowest BCUT2D eigenvalue weighted by Crippen LogP contribution is -2.23. The second-order valence-electron chi connectivity index (χ2n) is 6.31. The Morgan fingerprint density at radius 1 is 1.11 bits per heavy atom. The fourth-order valence-electron chi connectivity index (χ4n) is 3.21. The molecule has 0 aliphatic carbocycles. The van der Waals surface area contributed by atoms with Crippen LogP contribution in [0.3, 0.4) is 0 Å². The molecule has 146 valence electrons. The number of benzene rings is 2. The van der Waals surface area contributed by atoms with Crippen molar-refractivity contribution >= 4 is 5.97 Å². The van der Waals surface area contributed by atoms with Gasteiger partial charge in [0.25, 0.3) is 0 Å². The number of rotatable bonds is 8. The van der Waals surface area contributed by atoms with Crippen molar-refractivity contribution in [2.45, 2.75) is 19.1 Å². The molecule has 1 heterocycles. The first kappa shape index (κ1) is 19.8. The van der Waals surface area contributed by atoms with Crippen LogP contribution in [0.15, 0.2) is 67.0 Å². The number of esters is 1. The Morgan fingerprint density at radius 2 is 1.75 bits per heavy atom. The number of imidazole rings is 1. The monoisotopic (exact) mass is 380 g/mol. The van der Waals surface area contributed by atoms with Crippen LogP contribution in [0, 0.1) is 0 Å². The van der Waals surface area contributed by atoms with Crippen molar-refractivity contribution in [2.24, 2.45) is 0 Å². The van der Waals surface area contributed by atoms with Crippen LogP contribution in [0.25, 0.3) is 11.3 Å². The van der Waals surface area contributed by atoms with Gasteiger partial charge in [0.05, 0.1) is 31.3 Å². The van der Waals surface area contributed by atoms with Gasteiger partial charge >= 0.3 is 5.97 Å². The van der Waals surface area contributed by atoms with Crippen LogP contribution >= 0.6 is 0 Å². The van der Waals surface area contributed by atoms with Crippen LogP contribution in [0.4, 0.5) is 0 Å². The molecule has 2 aromatic carbocycles. The van der Waals surface area contributed by atoms with Gasteiger partial charge in [0.1, 0.15) is 6.10 Å². The van der Waals surface area contributed by atoms with Crippen LogP contribution in [-0.4, -0.2) is 41.0 Å². The Kier molecular flexibility index (Phi) is 6.57. The minimum Gasteiger partial charge on any atom is -0.461 e. The van der Waals surface area contributed by atoms with E-state index in [0.717, 1.165) is 11.1 Å². The fraction of sp³-hybridized carbons (Fsp3) is 0.273. The molecule has 0 bridgehead atoms. The van der Waals surface area contributed by atoms with Gasteiger partial charge in [0.2, 0.25) is 0 Å². The van der Waals surface area contributed by atoms with Gasteiger partial charge in [-0.05, 0) is 12.5 Å². The smallest absolute Gasteiger partial charge is 0.359 e. The van der Waals surface area contributed by atoms with Gasteiger partial charge in [-0.2, -0.15) is 0 Å². The highest BCUT2D eigenvalue weighted by Gasteiger charge is 2.29. The molecule has 0 saturated carbocycles. The average Bonchev–Trinajstić information content (AvgIpc) is 3.18. The number of aromatic nitrogens is 2. The molecule has 0 aliphatic rings. The first-order valence-electron chi connectivity index (χ1n) is 9.18. The number of hydrogen-bond acceptors (Lipinski definition) is 5. The van der Waals surface area contributed by atoms with E-state index in [0.29, 0.717) is 5.69 Å². The van der Waals surface area contributed by atoms with Crippen molar-refractivity contribution < 1.29 is 19.4 Å². The predicted molar refractivity (Wildman–Crippen MR) is 106 cm³/mol. The highest BCUT2D eigenvalue weighted by atomic mass is 16.5. The molecule has 6 heteroatoms. The third-order valence-corrected chi connectivity index (χ3v) is 4.51. The molecule has 28 heavy (non-hydrogen) atoms. The number of carbonyl (C=O) groups excluding carboxylic acids is 1. The van der Waals surface area contributed by atoms with Gasteiger partial charge in [-0.1, -0.05) is 60.7 Å². The predicted octanol–water partition coefficient (Wildman–Crippen LogP) is 3.65. The number of carbonyl (C=O) groups is 1. The van der Waals surface area contributed by atoms with Gasteiger partial charge in [0.15, 0.2) is 5.69 Å². The number of nitrogens with zero attached hydrogens (tertiary/aromatic N) is 2. The van der Waals surface area contributed by atoms with Crippen molar-refractivity contribution in [3.63, 3.8) is 0 Å². The summed E-state index contributed by atoms with van der Waals surface area (Å²) in [5, 5.41) is 11.0. The molecular weight excluding hydrogens is 356 g/mol. The van der Waals surface area contributed by atoms with Crippen molar-refractivity contribution in [2.75, 3.05) is 20.3 Å². The number of methoxy groups -OCH3 is 1. The number of aliphatic hydroxyl groups excluding tert-OH is 1. The summed E-state index contributed by atoms with van der Waals surface area (Å²) in [5.41, 5.74) is 2.38. The van der Waals surface area contributed by atoms with Gasteiger partial charge in [-0.15, -0.1) is 0 Å². The number of ether oxygens (including phenoxy) is 2. The Hall–Kier alpha value is -2.96. The zero-order valence-corrected chi connectivity index (χ0v) is 16.0. The lowest BCUT2D eigenvalue weighted by molar-refractivity contribution is 0.0508. The van der Waals surface area contributed by atoms with E-state index in [-0.39, 0.29) is 18.9 Å². The maximum absolute atomic E-state index is 12.5. The summed E-state index contributed by atoms with van der Waals surface area (Å²) in [6.45, 7) is 2.26. The van der Waals surface area contributed by atoms with E-state index in [9.17, 15) is 9.90 Å². The molecule has 0 amide bonds. The quantitative estimate of drug-likeness (QED) is 0.604. The molecule has 0 unspecified atom stereocenters. The summed E-state index contributed by atoms with van der Waals surface area (Å²) in [6.07, 6.45) is 0.720. The lowest BCUT2D eigenvalue weighted by Gasteiger charge is -2.26. The van der Waals surface area contributed by atoms with Gasteiger partial charge in [0, 0.05) is 12.7 Å². The van der Waals surface area contributed by atoms with E-state index in [2.05, 4.69) is 4.98 Å². The second kappa shape index (κ2) is 9.30. The normalized spacial score (nSPS) is 13.1. The summed E-state index contributed by atoms with van der Waals surface area (Å²) >= 11 is 0.